The van der Waals surface area contributed by atoms with Crippen LogP contribution in [0.1, 0.15) is 64.3 Å². The lowest BCUT2D eigenvalue weighted by Crippen LogP contribution is -2.26. The molecule has 0 bridgehead atoms. The smallest absolute Gasteiger partial charge is 0.252 e. The quantitative estimate of drug-likeness (QED) is 0.931. The zero-order chi connectivity index (χ0) is 16.4. The summed E-state index contributed by atoms with van der Waals surface area (Å²) in [5, 5.41) is 3.08. The van der Waals surface area contributed by atoms with Crippen molar-refractivity contribution in [1.29, 1.82) is 0 Å². The Hall–Kier alpha value is -2.16. The topological polar surface area (TPSA) is 42.0 Å². The van der Waals surface area contributed by atoms with Crippen molar-refractivity contribution in [1.82, 2.24) is 10.3 Å². The van der Waals surface area contributed by atoms with Crippen LogP contribution in [0, 0.1) is 0 Å². The highest BCUT2D eigenvalue weighted by Gasteiger charge is 2.21. The average Bonchev–Trinajstić information content (AvgIpc) is 3.04. The summed E-state index contributed by atoms with van der Waals surface area (Å²) in [5.74, 6) is 0.602. The SMILES string of the molecule is O=C(NCCC1CCc2ccccc21)c1cnc2c(c1)CCCC2. The maximum absolute atomic E-state index is 12.4. The highest BCUT2D eigenvalue weighted by Crippen LogP contribution is 2.34. The van der Waals surface area contributed by atoms with Gasteiger partial charge < -0.3 is 5.32 Å². The molecule has 0 saturated heterocycles. The number of aromatic nitrogens is 1. The molecule has 0 radical (unpaired) electrons. The van der Waals surface area contributed by atoms with Gasteiger partial charge in [0.15, 0.2) is 0 Å². The minimum absolute atomic E-state index is 0.0159. The molecule has 124 valence electrons. The molecule has 2 aromatic rings. The molecule has 1 atom stereocenters. The van der Waals surface area contributed by atoms with Gasteiger partial charge in [-0.15, -0.1) is 0 Å². The number of hydrogen-bond acceptors (Lipinski definition) is 2. The first-order chi connectivity index (χ1) is 11.8. The third kappa shape index (κ3) is 3.08. The fourth-order valence-corrected chi connectivity index (χ4v) is 4.12. The van der Waals surface area contributed by atoms with E-state index in [4.69, 9.17) is 0 Å². The Morgan fingerprint density at radius 3 is 2.96 bits per heavy atom. The zero-order valence-electron chi connectivity index (χ0n) is 14.1. The van der Waals surface area contributed by atoms with Crippen LogP contribution in [0.2, 0.25) is 0 Å². The lowest BCUT2D eigenvalue weighted by molar-refractivity contribution is 0.0952. The molecule has 1 unspecified atom stereocenters. The van der Waals surface area contributed by atoms with Crippen molar-refractivity contribution in [3.63, 3.8) is 0 Å². The lowest BCUT2D eigenvalue weighted by atomic mass is 9.95. The van der Waals surface area contributed by atoms with Crippen LogP contribution < -0.4 is 5.32 Å². The molecule has 0 spiro atoms. The molecule has 1 N–H and O–H groups in total. The third-order valence-electron chi connectivity index (χ3n) is 5.47. The van der Waals surface area contributed by atoms with Crippen LogP contribution in [0.3, 0.4) is 0 Å². The normalized spacial score (nSPS) is 18.8. The van der Waals surface area contributed by atoms with E-state index in [-0.39, 0.29) is 5.91 Å². The molecule has 3 heteroatoms. The largest absolute Gasteiger partial charge is 0.352 e. The summed E-state index contributed by atoms with van der Waals surface area (Å²) in [5.41, 5.74) is 6.11. The highest BCUT2D eigenvalue weighted by atomic mass is 16.1. The Balaban J connectivity index is 1.34. The number of benzene rings is 1. The lowest BCUT2D eigenvalue weighted by Gasteiger charge is -2.16. The summed E-state index contributed by atoms with van der Waals surface area (Å²) in [4.78, 5) is 16.9. The van der Waals surface area contributed by atoms with Gasteiger partial charge in [0.25, 0.3) is 5.91 Å². The summed E-state index contributed by atoms with van der Waals surface area (Å²) in [6.07, 6.45) is 9.67. The highest BCUT2D eigenvalue weighted by molar-refractivity contribution is 5.94. The van der Waals surface area contributed by atoms with Crippen molar-refractivity contribution >= 4 is 5.91 Å². The standard InChI is InChI=1S/C21H24N2O/c24-21(18-13-17-6-2-4-8-20(17)23-14-18)22-12-11-16-10-9-15-5-1-3-7-19(15)16/h1,3,5,7,13-14,16H,2,4,6,8-12H2,(H,22,24). The maximum atomic E-state index is 12.4. The Morgan fingerprint density at radius 1 is 1.12 bits per heavy atom. The van der Waals surface area contributed by atoms with Crippen molar-refractivity contribution < 1.29 is 4.79 Å². The molecule has 1 aromatic carbocycles. The molecule has 1 aromatic heterocycles. The van der Waals surface area contributed by atoms with Gasteiger partial charge in [0.05, 0.1) is 5.56 Å². The molecule has 2 aliphatic rings. The molecule has 0 aliphatic heterocycles. The minimum atomic E-state index is 0.0159. The summed E-state index contributed by atoms with van der Waals surface area (Å²) in [6.45, 7) is 0.731. The van der Waals surface area contributed by atoms with Gasteiger partial charge in [-0.2, -0.15) is 0 Å². The van der Waals surface area contributed by atoms with E-state index in [1.807, 2.05) is 6.07 Å². The van der Waals surface area contributed by atoms with Crippen LogP contribution in [0.5, 0.6) is 0 Å². The van der Waals surface area contributed by atoms with E-state index in [9.17, 15) is 4.79 Å². The number of amides is 1. The van der Waals surface area contributed by atoms with Gasteiger partial charge in [0.2, 0.25) is 0 Å². The molecule has 0 saturated carbocycles. The average molecular weight is 320 g/mol. The molecule has 3 nitrogen and oxygen atoms in total. The number of aryl methyl sites for hydroxylation is 3. The molecule has 24 heavy (non-hydrogen) atoms. The van der Waals surface area contributed by atoms with Gasteiger partial charge >= 0.3 is 0 Å². The Bertz CT molecular complexity index is 753. The molecular formula is C21H24N2O. The van der Waals surface area contributed by atoms with Crippen molar-refractivity contribution in [3.8, 4) is 0 Å². The van der Waals surface area contributed by atoms with Gasteiger partial charge in [0.1, 0.15) is 0 Å². The summed E-state index contributed by atoms with van der Waals surface area (Å²) < 4.78 is 0. The maximum Gasteiger partial charge on any atom is 0.252 e. The van der Waals surface area contributed by atoms with Crippen LogP contribution in [0.4, 0.5) is 0 Å². The van der Waals surface area contributed by atoms with Gasteiger partial charge in [-0.25, -0.2) is 0 Å². The fraction of sp³-hybridized carbons (Fsp3) is 0.429. The van der Waals surface area contributed by atoms with E-state index < -0.39 is 0 Å². The molecule has 2 aliphatic carbocycles. The van der Waals surface area contributed by atoms with Crippen LogP contribution in [-0.4, -0.2) is 17.4 Å². The van der Waals surface area contributed by atoms with Crippen molar-refractivity contribution in [2.75, 3.05) is 6.54 Å². The van der Waals surface area contributed by atoms with Crippen molar-refractivity contribution in [2.24, 2.45) is 0 Å². The second-order valence-electron chi connectivity index (χ2n) is 7.02. The number of nitrogens with one attached hydrogen (secondary N) is 1. The second-order valence-corrected chi connectivity index (χ2v) is 7.02. The monoisotopic (exact) mass is 320 g/mol. The fourth-order valence-electron chi connectivity index (χ4n) is 4.12. The van der Waals surface area contributed by atoms with E-state index in [1.54, 1.807) is 6.20 Å². The van der Waals surface area contributed by atoms with Crippen molar-refractivity contribution in [3.05, 3.63) is 64.5 Å². The molecule has 4 rings (SSSR count). The van der Waals surface area contributed by atoms with Gasteiger partial charge in [-0.3, -0.25) is 9.78 Å². The van der Waals surface area contributed by atoms with E-state index in [0.29, 0.717) is 11.5 Å². The van der Waals surface area contributed by atoms with Crippen LogP contribution in [-0.2, 0) is 19.3 Å². The first-order valence-corrected chi connectivity index (χ1v) is 9.15. The Kier molecular flexibility index (Phi) is 4.33. The van der Waals surface area contributed by atoms with Gasteiger partial charge in [-0.05, 0) is 73.6 Å². The number of carbonyl (C=O) groups is 1. The van der Waals surface area contributed by atoms with Gasteiger partial charge in [-0.1, -0.05) is 24.3 Å². The van der Waals surface area contributed by atoms with Crippen LogP contribution in [0.25, 0.3) is 0 Å². The summed E-state index contributed by atoms with van der Waals surface area (Å²) in [6, 6.07) is 10.7. The Labute approximate surface area is 143 Å². The van der Waals surface area contributed by atoms with E-state index in [1.165, 1.54) is 48.1 Å². The number of pyridine rings is 1. The molecule has 1 heterocycles. The number of rotatable bonds is 4. The van der Waals surface area contributed by atoms with Crippen molar-refractivity contribution in [2.45, 2.75) is 50.9 Å². The van der Waals surface area contributed by atoms with Crippen LogP contribution >= 0.6 is 0 Å². The van der Waals surface area contributed by atoms with E-state index in [0.717, 1.165) is 25.8 Å². The van der Waals surface area contributed by atoms with Crippen LogP contribution in [0.15, 0.2) is 36.5 Å². The van der Waals surface area contributed by atoms with Gasteiger partial charge in [0, 0.05) is 18.4 Å². The van der Waals surface area contributed by atoms with E-state index >= 15 is 0 Å². The number of hydrogen-bond donors (Lipinski definition) is 1. The first kappa shape index (κ1) is 15.4. The third-order valence-corrected chi connectivity index (χ3v) is 5.47. The molecule has 1 amide bonds. The first-order valence-electron chi connectivity index (χ1n) is 9.15. The number of carbonyl (C=O) groups excluding carboxylic acids is 1. The minimum Gasteiger partial charge on any atom is -0.352 e. The summed E-state index contributed by atoms with van der Waals surface area (Å²) in [7, 11) is 0. The van der Waals surface area contributed by atoms with E-state index in [2.05, 4.69) is 34.6 Å². The zero-order valence-corrected chi connectivity index (χ0v) is 14.1. The number of fused-ring (bicyclic) bond motifs is 2. The summed E-state index contributed by atoms with van der Waals surface area (Å²) >= 11 is 0. The molecule has 0 fully saturated rings. The predicted molar refractivity (Wildman–Crippen MR) is 95.3 cm³/mol. The Morgan fingerprint density at radius 2 is 2.00 bits per heavy atom. The second kappa shape index (κ2) is 6.76. The molecular weight excluding hydrogens is 296 g/mol. The predicted octanol–water partition coefficient (Wildman–Crippen LogP) is 3.81. The number of nitrogens with zero attached hydrogens (tertiary/aromatic N) is 1.